The van der Waals surface area contributed by atoms with Gasteiger partial charge in [-0.05, 0) is 60.7 Å². The quantitative estimate of drug-likeness (QED) is 0.718. The standard InChI is InChI=1S/C23H31NO3S/c1-14-11-16(24-21(26)23(6,7)8)12-15(2)20(14)28(27)17-9-10-19(25)18(13-17)22(3,4)5/h9-13,25H,1-8H3,(H,24,26). The average Bonchev–Trinajstić information content (AvgIpc) is 2.52. The van der Waals surface area contributed by atoms with Crippen LogP contribution in [0.3, 0.4) is 0 Å². The zero-order chi connectivity index (χ0) is 21.4. The van der Waals surface area contributed by atoms with Crippen molar-refractivity contribution < 1.29 is 14.1 Å². The highest BCUT2D eigenvalue weighted by molar-refractivity contribution is 7.85. The summed E-state index contributed by atoms with van der Waals surface area (Å²) in [5, 5.41) is 13.1. The topological polar surface area (TPSA) is 66.4 Å². The van der Waals surface area contributed by atoms with E-state index in [-0.39, 0.29) is 17.1 Å². The second-order valence-electron chi connectivity index (χ2n) is 9.34. The molecule has 0 heterocycles. The number of nitrogens with one attached hydrogen (secondary N) is 1. The van der Waals surface area contributed by atoms with E-state index in [1.54, 1.807) is 12.1 Å². The first-order valence-corrected chi connectivity index (χ1v) is 10.5. The Kier molecular flexibility index (Phi) is 6.10. The zero-order valence-electron chi connectivity index (χ0n) is 18.1. The van der Waals surface area contributed by atoms with Crippen molar-refractivity contribution in [1.82, 2.24) is 0 Å². The van der Waals surface area contributed by atoms with E-state index in [9.17, 15) is 14.1 Å². The first-order chi connectivity index (χ1) is 12.7. The smallest absolute Gasteiger partial charge is 0.229 e. The van der Waals surface area contributed by atoms with Crippen LogP contribution in [0.25, 0.3) is 0 Å². The summed E-state index contributed by atoms with van der Waals surface area (Å²) in [5.41, 5.74) is 2.44. The molecule has 0 aromatic heterocycles. The Labute approximate surface area is 170 Å². The number of carbonyl (C=O) groups excluding carboxylic acids is 1. The Bertz CT molecular complexity index is 911. The van der Waals surface area contributed by atoms with Crippen molar-refractivity contribution in [2.75, 3.05) is 5.32 Å². The molecule has 0 fully saturated rings. The van der Waals surface area contributed by atoms with Crippen LogP contribution in [0.15, 0.2) is 40.1 Å². The summed E-state index contributed by atoms with van der Waals surface area (Å²) in [5.74, 6) is 0.149. The molecule has 1 unspecified atom stereocenters. The normalized spacial score (nSPS) is 13.3. The zero-order valence-corrected chi connectivity index (χ0v) is 18.9. The van der Waals surface area contributed by atoms with Gasteiger partial charge in [0.1, 0.15) is 5.75 Å². The fraction of sp³-hybridized carbons (Fsp3) is 0.435. The highest BCUT2D eigenvalue weighted by Crippen LogP contribution is 2.34. The molecule has 0 saturated carbocycles. The average molecular weight is 402 g/mol. The van der Waals surface area contributed by atoms with E-state index in [1.807, 2.05) is 73.6 Å². The van der Waals surface area contributed by atoms with Crippen LogP contribution in [0.1, 0.15) is 58.2 Å². The maximum Gasteiger partial charge on any atom is 0.229 e. The molecule has 28 heavy (non-hydrogen) atoms. The Morgan fingerprint density at radius 2 is 1.50 bits per heavy atom. The number of aromatic hydroxyl groups is 1. The fourth-order valence-electron chi connectivity index (χ4n) is 2.98. The molecule has 1 amide bonds. The number of carbonyl (C=O) groups is 1. The van der Waals surface area contributed by atoms with Gasteiger partial charge in [-0.15, -0.1) is 0 Å². The lowest BCUT2D eigenvalue weighted by Gasteiger charge is -2.22. The molecule has 1 atom stereocenters. The molecule has 5 heteroatoms. The minimum Gasteiger partial charge on any atom is -0.508 e. The SMILES string of the molecule is Cc1cc(NC(=O)C(C)(C)C)cc(C)c1S(=O)c1ccc(O)c(C(C)(C)C)c1. The number of amides is 1. The molecule has 2 aromatic rings. The molecular formula is C23H31NO3S. The third-order valence-corrected chi connectivity index (χ3v) is 6.27. The first kappa shape index (κ1) is 22.2. The van der Waals surface area contributed by atoms with E-state index >= 15 is 0 Å². The Balaban J connectivity index is 2.44. The maximum atomic E-state index is 13.3. The molecule has 0 saturated heterocycles. The largest absolute Gasteiger partial charge is 0.508 e. The van der Waals surface area contributed by atoms with Crippen molar-refractivity contribution in [3.8, 4) is 5.75 Å². The first-order valence-electron chi connectivity index (χ1n) is 9.40. The monoisotopic (exact) mass is 401 g/mol. The van der Waals surface area contributed by atoms with Crippen molar-refractivity contribution in [2.24, 2.45) is 5.41 Å². The van der Waals surface area contributed by atoms with E-state index in [0.29, 0.717) is 10.6 Å². The number of anilines is 1. The minimum absolute atomic E-state index is 0.0615. The number of phenolic OH excluding ortho intramolecular Hbond substituents is 1. The van der Waals surface area contributed by atoms with Gasteiger partial charge in [-0.3, -0.25) is 4.79 Å². The summed E-state index contributed by atoms with van der Waals surface area (Å²) in [6.45, 7) is 15.4. The highest BCUT2D eigenvalue weighted by atomic mass is 32.2. The third kappa shape index (κ3) is 4.82. The number of aryl methyl sites for hydroxylation is 2. The molecule has 0 radical (unpaired) electrons. The van der Waals surface area contributed by atoms with Crippen LogP contribution in [-0.2, 0) is 21.0 Å². The van der Waals surface area contributed by atoms with Crippen LogP contribution in [-0.4, -0.2) is 15.2 Å². The van der Waals surface area contributed by atoms with Crippen LogP contribution >= 0.6 is 0 Å². The van der Waals surface area contributed by atoms with Crippen LogP contribution in [0, 0.1) is 19.3 Å². The van der Waals surface area contributed by atoms with Gasteiger partial charge in [0, 0.05) is 26.5 Å². The highest BCUT2D eigenvalue weighted by Gasteiger charge is 2.23. The molecule has 0 bridgehead atoms. The van der Waals surface area contributed by atoms with Gasteiger partial charge in [0.15, 0.2) is 0 Å². The van der Waals surface area contributed by atoms with E-state index in [1.165, 1.54) is 0 Å². The molecule has 0 aliphatic heterocycles. The summed E-state index contributed by atoms with van der Waals surface area (Å²) in [4.78, 5) is 13.7. The third-order valence-electron chi connectivity index (χ3n) is 4.57. The molecule has 152 valence electrons. The summed E-state index contributed by atoms with van der Waals surface area (Å²) >= 11 is 0. The second kappa shape index (κ2) is 7.70. The van der Waals surface area contributed by atoms with Gasteiger partial charge in [0.25, 0.3) is 0 Å². The van der Waals surface area contributed by atoms with Gasteiger partial charge < -0.3 is 10.4 Å². The molecule has 4 nitrogen and oxygen atoms in total. The lowest BCUT2D eigenvalue weighted by atomic mass is 9.86. The summed E-state index contributed by atoms with van der Waals surface area (Å²) in [7, 11) is -1.39. The van der Waals surface area contributed by atoms with E-state index in [2.05, 4.69) is 5.32 Å². The number of hydrogen-bond donors (Lipinski definition) is 2. The van der Waals surface area contributed by atoms with E-state index in [0.717, 1.165) is 21.6 Å². The van der Waals surface area contributed by atoms with Gasteiger partial charge >= 0.3 is 0 Å². The van der Waals surface area contributed by atoms with Gasteiger partial charge in [-0.25, -0.2) is 4.21 Å². The molecule has 2 N–H and O–H groups in total. The number of benzene rings is 2. The number of rotatable bonds is 3. The lowest BCUT2D eigenvalue weighted by Crippen LogP contribution is -2.27. The molecule has 0 spiro atoms. The Hall–Kier alpha value is -2.14. The van der Waals surface area contributed by atoms with Crippen LogP contribution in [0.4, 0.5) is 5.69 Å². The predicted molar refractivity (Wildman–Crippen MR) is 115 cm³/mol. The van der Waals surface area contributed by atoms with E-state index in [4.69, 9.17) is 0 Å². The van der Waals surface area contributed by atoms with Crippen molar-refractivity contribution in [3.05, 3.63) is 47.0 Å². The Morgan fingerprint density at radius 1 is 0.964 bits per heavy atom. The molecular weight excluding hydrogens is 370 g/mol. The summed E-state index contributed by atoms with van der Waals surface area (Å²) in [6.07, 6.45) is 0. The van der Waals surface area contributed by atoms with Crippen molar-refractivity contribution in [3.63, 3.8) is 0 Å². The van der Waals surface area contributed by atoms with Crippen LogP contribution in [0.2, 0.25) is 0 Å². The van der Waals surface area contributed by atoms with Crippen LogP contribution < -0.4 is 5.32 Å². The van der Waals surface area contributed by atoms with Gasteiger partial charge in [-0.2, -0.15) is 0 Å². The van der Waals surface area contributed by atoms with Crippen molar-refractivity contribution in [1.29, 1.82) is 0 Å². The minimum atomic E-state index is -1.39. The van der Waals surface area contributed by atoms with Crippen molar-refractivity contribution >= 4 is 22.4 Å². The number of phenols is 1. The summed E-state index contributed by atoms with van der Waals surface area (Å²) < 4.78 is 13.3. The van der Waals surface area contributed by atoms with Crippen LogP contribution in [0.5, 0.6) is 5.75 Å². The molecule has 2 rings (SSSR count). The predicted octanol–water partition coefficient (Wildman–Crippen LogP) is 5.46. The lowest BCUT2D eigenvalue weighted by molar-refractivity contribution is -0.123. The number of hydrogen-bond acceptors (Lipinski definition) is 3. The Morgan fingerprint density at radius 3 is 1.96 bits per heavy atom. The van der Waals surface area contributed by atoms with Crippen molar-refractivity contribution in [2.45, 2.75) is 70.6 Å². The van der Waals surface area contributed by atoms with Gasteiger partial charge in [0.05, 0.1) is 10.8 Å². The summed E-state index contributed by atoms with van der Waals surface area (Å²) in [6, 6.07) is 8.84. The molecule has 2 aromatic carbocycles. The van der Waals surface area contributed by atoms with Gasteiger partial charge in [-0.1, -0.05) is 41.5 Å². The van der Waals surface area contributed by atoms with Gasteiger partial charge in [0.2, 0.25) is 5.91 Å². The molecule has 0 aliphatic rings. The maximum absolute atomic E-state index is 13.3. The second-order valence-corrected chi connectivity index (χ2v) is 10.8. The fourth-order valence-corrected chi connectivity index (χ4v) is 4.34. The van der Waals surface area contributed by atoms with E-state index < -0.39 is 16.2 Å². The molecule has 0 aliphatic carbocycles.